The van der Waals surface area contributed by atoms with Crippen molar-refractivity contribution in [1.82, 2.24) is 4.90 Å². The van der Waals surface area contributed by atoms with E-state index in [0.717, 1.165) is 18.4 Å². The molecular formula is C21H23ClN2O3. The van der Waals surface area contributed by atoms with E-state index in [0.29, 0.717) is 35.4 Å². The lowest BCUT2D eigenvalue weighted by atomic mass is 9.93. The Bertz CT molecular complexity index is 840. The van der Waals surface area contributed by atoms with Crippen LogP contribution in [0.5, 0.6) is 0 Å². The summed E-state index contributed by atoms with van der Waals surface area (Å²) in [5.41, 5.74) is 2.15. The normalized spacial score (nSPS) is 20.2. The van der Waals surface area contributed by atoms with Gasteiger partial charge in [-0.2, -0.15) is 0 Å². The van der Waals surface area contributed by atoms with Crippen LogP contribution in [-0.4, -0.2) is 34.5 Å². The summed E-state index contributed by atoms with van der Waals surface area (Å²) in [6.07, 6.45) is 1.60. The summed E-state index contributed by atoms with van der Waals surface area (Å²) in [4.78, 5) is 25.9. The van der Waals surface area contributed by atoms with Gasteiger partial charge in [0.25, 0.3) is 5.91 Å². The van der Waals surface area contributed by atoms with Crippen LogP contribution >= 0.6 is 11.6 Å². The summed E-state index contributed by atoms with van der Waals surface area (Å²) in [5, 5.41) is 12.6. The molecule has 2 atom stereocenters. The molecule has 5 nitrogen and oxygen atoms in total. The first kappa shape index (κ1) is 19.4. The summed E-state index contributed by atoms with van der Waals surface area (Å²) in [5.74, 6) is -1.30. The number of nitrogens with zero attached hydrogens (tertiary/aromatic N) is 1. The number of nitrogens with one attached hydrogen (secondary N) is 1. The monoisotopic (exact) mass is 386 g/mol. The van der Waals surface area contributed by atoms with Crippen LogP contribution in [0, 0.1) is 5.92 Å². The van der Waals surface area contributed by atoms with Crippen molar-refractivity contribution in [3.8, 4) is 0 Å². The quantitative estimate of drug-likeness (QED) is 0.804. The summed E-state index contributed by atoms with van der Waals surface area (Å²) < 4.78 is 0. The van der Waals surface area contributed by atoms with Crippen molar-refractivity contribution < 1.29 is 14.7 Å². The second-order valence-corrected chi connectivity index (χ2v) is 7.43. The number of hydrogen-bond acceptors (Lipinski definition) is 3. The molecule has 27 heavy (non-hydrogen) atoms. The van der Waals surface area contributed by atoms with E-state index in [1.165, 1.54) is 0 Å². The predicted molar refractivity (Wildman–Crippen MR) is 106 cm³/mol. The number of aliphatic carboxylic acids is 1. The number of carbonyl (C=O) groups excluding carboxylic acids is 1. The summed E-state index contributed by atoms with van der Waals surface area (Å²) in [6.45, 7) is 3.33. The SMILES string of the molecule is CC1CCC(C(=O)O)CN1Cc1cccc(NC(=O)c2ccccc2Cl)c1. The maximum Gasteiger partial charge on any atom is 0.307 e. The van der Waals surface area contributed by atoms with Crippen LogP contribution in [-0.2, 0) is 11.3 Å². The molecule has 0 aromatic heterocycles. The Morgan fingerprint density at radius 1 is 1.19 bits per heavy atom. The third kappa shape index (κ3) is 4.87. The minimum Gasteiger partial charge on any atom is -0.481 e. The van der Waals surface area contributed by atoms with Crippen molar-refractivity contribution in [2.24, 2.45) is 5.92 Å². The zero-order chi connectivity index (χ0) is 19.4. The summed E-state index contributed by atoms with van der Waals surface area (Å²) >= 11 is 6.09. The van der Waals surface area contributed by atoms with Crippen molar-refractivity contribution in [3.05, 3.63) is 64.7 Å². The highest BCUT2D eigenvalue weighted by Crippen LogP contribution is 2.25. The Morgan fingerprint density at radius 3 is 2.70 bits per heavy atom. The van der Waals surface area contributed by atoms with Crippen molar-refractivity contribution in [3.63, 3.8) is 0 Å². The molecule has 0 spiro atoms. The highest BCUT2D eigenvalue weighted by molar-refractivity contribution is 6.34. The number of halogens is 1. The van der Waals surface area contributed by atoms with Gasteiger partial charge in [-0.15, -0.1) is 0 Å². The largest absolute Gasteiger partial charge is 0.481 e. The Balaban J connectivity index is 1.69. The molecule has 2 aromatic rings. The van der Waals surface area contributed by atoms with E-state index in [2.05, 4.69) is 17.1 Å². The van der Waals surface area contributed by atoms with E-state index < -0.39 is 5.97 Å². The van der Waals surface area contributed by atoms with Gasteiger partial charge in [0, 0.05) is 24.8 Å². The third-order valence-electron chi connectivity index (χ3n) is 5.05. The molecule has 0 saturated carbocycles. The topological polar surface area (TPSA) is 69.6 Å². The van der Waals surface area contributed by atoms with Crippen LogP contribution in [0.15, 0.2) is 48.5 Å². The minimum absolute atomic E-state index is 0.255. The van der Waals surface area contributed by atoms with Gasteiger partial charge in [0.2, 0.25) is 0 Å². The standard InChI is InChI=1S/C21H23ClN2O3/c1-14-9-10-16(21(26)27)13-24(14)12-15-5-4-6-17(11-15)23-20(25)18-7-2-3-8-19(18)22/h2-8,11,14,16H,9-10,12-13H2,1H3,(H,23,25)(H,26,27). The number of rotatable bonds is 5. The van der Waals surface area contributed by atoms with E-state index >= 15 is 0 Å². The zero-order valence-corrected chi connectivity index (χ0v) is 15.9. The highest BCUT2D eigenvalue weighted by atomic mass is 35.5. The first-order valence-corrected chi connectivity index (χ1v) is 9.43. The van der Waals surface area contributed by atoms with Crippen molar-refractivity contribution in [1.29, 1.82) is 0 Å². The molecule has 2 unspecified atom stereocenters. The lowest BCUT2D eigenvalue weighted by molar-refractivity contribution is -0.144. The van der Waals surface area contributed by atoms with Gasteiger partial charge < -0.3 is 10.4 Å². The molecule has 6 heteroatoms. The zero-order valence-electron chi connectivity index (χ0n) is 15.2. The first-order chi connectivity index (χ1) is 12.9. The number of carbonyl (C=O) groups is 2. The number of hydrogen-bond donors (Lipinski definition) is 2. The van der Waals surface area contributed by atoms with Crippen LogP contribution in [0.25, 0.3) is 0 Å². The average Bonchev–Trinajstić information content (AvgIpc) is 2.64. The van der Waals surface area contributed by atoms with Crippen molar-refractivity contribution in [2.75, 3.05) is 11.9 Å². The number of benzene rings is 2. The van der Waals surface area contributed by atoms with E-state index in [4.69, 9.17) is 11.6 Å². The van der Waals surface area contributed by atoms with E-state index in [-0.39, 0.29) is 11.8 Å². The lowest BCUT2D eigenvalue weighted by Crippen LogP contribution is -2.43. The molecule has 1 aliphatic rings. The van der Waals surface area contributed by atoms with E-state index in [1.54, 1.807) is 24.3 Å². The maximum atomic E-state index is 12.4. The molecule has 2 N–H and O–H groups in total. The summed E-state index contributed by atoms with van der Waals surface area (Å²) in [7, 11) is 0. The lowest BCUT2D eigenvalue weighted by Gasteiger charge is -2.36. The highest BCUT2D eigenvalue weighted by Gasteiger charge is 2.29. The fourth-order valence-corrected chi connectivity index (χ4v) is 3.65. The number of carboxylic acid groups (broad SMARTS) is 1. The van der Waals surface area contributed by atoms with E-state index in [1.807, 2.05) is 24.3 Å². The van der Waals surface area contributed by atoms with Crippen LogP contribution in [0.2, 0.25) is 5.02 Å². The number of amides is 1. The van der Waals surface area contributed by atoms with Gasteiger partial charge in [0.1, 0.15) is 0 Å². The second-order valence-electron chi connectivity index (χ2n) is 7.03. The first-order valence-electron chi connectivity index (χ1n) is 9.05. The van der Waals surface area contributed by atoms with Crippen LogP contribution in [0.3, 0.4) is 0 Å². The Labute approximate surface area is 163 Å². The van der Waals surface area contributed by atoms with Gasteiger partial charge >= 0.3 is 5.97 Å². The van der Waals surface area contributed by atoms with Crippen molar-refractivity contribution >= 4 is 29.2 Å². The Morgan fingerprint density at radius 2 is 1.96 bits per heavy atom. The number of carboxylic acids is 1. The average molecular weight is 387 g/mol. The van der Waals surface area contributed by atoms with Gasteiger partial charge in [-0.25, -0.2) is 0 Å². The minimum atomic E-state index is -0.729. The third-order valence-corrected chi connectivity index (χ3v) is 5.38. The molecule has 2 aromatic carbocycles. The molecule has 1 saturated heterocycles. The van der Waals surface area contributed by atoms with E-state index in [9.17, 15) is 14.7 Å². The molecule has 1 amide bonds. The van der Waals surface area contributed by atoms with Crippen LogP contribution in [0.1, 0.15) is 35.7 Å². The van der Waals surface area contributed by atoms with Crippen LogP contribution < -0.4 is 5.32 Å². The molecule has 0 aliphatic carbocycles. The fraction of sp³-hybridized carbons (Fsp3) is 0.333. The maximum absolute atomic E-state index is 12.4. The molecule has 3 rings (SSSR count). The molecule has 0 radical (unpaired) electrons. The van der Waals surface area contributed by atoms with Gasteiger partial charge in [-0.3, -0.25) is 14.5 Å². The molecule has 1 fully saturated rings. The molecular weight excluding hydrogens is 364 g/mol. The molecule has 0 bridgehead atoms. The summed E-state index contributed by atoms with van der Waals surface area (Å²) in [6, 6.07) is 14.9. The van der Waals surface area contributed by atoms with Gasteiger partial charge in [-0.1, -0.05) is 35.9 Å². The number of anilines is 1. The second kappa shape index (κ2) is 8.55. The number of likely N-dealkylation sites (tertiary alicyclic amines) is 1. The molecule has 1 heterocycles. The fourth-order valence-electron chi connectivity index (χ4n) is 3.43. The molecule has 142 valence electrons. The Hall–Kier alpha value is -2.37. The predicted octanol–water partition coefficient (Wildman–Crippen LogP) is 4.28. The van der Waals surface area contributed by atoms with Gasteiger partial charge in [0.15, 0.2) is 0 Å². The van der Waals surface area contributed by atoms with Crippen molar-refractivity contribution in [2.45, 2.75) is 32.4 Å². The molecule has 1 aliphatic heterocycles. The van der Waals surface area contributed by atoms with Gasteiger partial charge in [0.05, 0.1) is 16.5 Å². The number of piperidine rings is 1. The Kier molecular flexibility index (Phi) is 6.14. The van der Waals surface area contributed by atoms with Gasteiger partial charge in [-0.05, 0) is 49.6 Å². The van der Waals surface area contributed by atoms with Crippen LogP contribution in [0.4, 0.5) is 5.69 Å². The smallest absolute Gasteiger partial charge is 0.307 e.